The van der Waals surface area contributed by atoms with E-state index < -0.39 is 10.1 Å². The van der Waals surface area contributed by atoms with E-state index in [4.69, 9.17) is 9.81 Å². The molecule has 0 amide bonds. The molecule has 0 aliphatic heterocycles. The second-order valence-electron chi connectivity index (χ2n) is 2.61. The fourth-order valence-electron chi connectivity index (χ4n) is 1.04. The highest BCUT2D eigenvalue weighted by molar-refractivity contribution is 7.94. The number of benzene rings is 1. The Kier molecular flexibility index (Phi) is 4.53. The lowest BCUT2D eigenvalue weighted by Crippen LogP contribution is -2.03. The largest absolute Gasteiger partial charge is 0.387 e. The highest BCUT2D eigenvalue weighted by Gasteiger charge is 2.15. The molecule has 0 heterocycles. The molecule has 16 heavy (non-hydrogen) atoms. The van der Waals surface area contributed by atoms with Gasteiger partial charge in [-0.05, 0) is 18.2 Å². The number of anilines is 1. The first-order valence-corrected chi connectivity index (χ1v) is 6.11. The van der Waals surface area contributed by atoms with Crippen molar-refractivity contribution in [1.29, 1.82) is 0 Å². The van der Waals surface area contributed by atoms with Crippen molar-refractivity contribution in [2.45, 2.75) is 9.79 Å². The summed E-state index contributed by atoms with van der Waals surface area (Å²) in [5.74, 6) is 0. The fourth-order valence-corrected chi connectivity index (χ4v) is 2.11. The van der Waals surface area contributed by atoms with E-state index in [0.29, 0.717) is 16.9 Å². The van der Waals surface area contributed by atoms with Crippen LogP contribution in [-0.2, 0) is 19.5 Å². The molecule has 0 atom stereocenters. The van der Waals surface area contributed by atoms with Gasteiger partial charge in [-0.2, -0.15) is 8.42 Å². The zero-order valence-electron chi connectivity index (χ0n) is 8.08. The molecule has 0 saturated carbocycles. The maximum atomic E-state index is 11.0. The van der Waals surface area contributed by atoms with Gasteiger partial charge in [-0.15, -0.1) is 4.33 Å². The minimum Gasteiger partial charge on any atom is -0.387 e. The summed E-state index contributed by atoms with van der Waals surface area (Å²) in [5, 5.41) is 13.9. The monoisotopic (exact) mass is 267 g/mol. The predicted octanol–water partition coefficient (Wildman–Crippen LogP) is 1.40. The van der Waals surface area contributed by atoms with Crippen LogP contribution in [0.2, 0.25) is 0 Å². The quantitative estimate of drug-likeness (QED) is 0.318. The molecule has 0 spiro atoms. The lowest BCUT2D eigenvalue weighted by molar-refractivity contribution is -0.432. The zero-order valence-corrected chi connectivity index (χ0v) is 9.71. The van der Waals surface area contributed by atoms with Crippen LogP contribution >= 0.6 is 12.0 Å². The van der Waals surface area contributed by atoms with E-state index in [1.54, 1.807) is 0 Å². The van der Waals surface area contributed by atoms with Crippen LogP contribution in [0.4, 0.5) is 5.69 Å². The second kappa shape index (κ2) is 5.48. The summed E-state index contributed by atoms with van der Waals surface area (Å²) in [6, 6.07) is 3.99. The Morgan fingerprint density at radius 2 is 2.12 bits per heavy atom. The van der Waals surface area contributed by atoms with Crippen LogP contribution in [0.25, 0.3) is 0 Å². The molecule has 0 aliphatic rings. The Bertz CT molecular complexity index is 460. The zero-order chi connectivity index (χ0) is 12.2. The molecule has 1 rings (SSSR count). The van der Waals surface area contributed by atoms with E-state index in [9.17, 15) is 8.42 Å². The second-order valence-corrected chi connectivity index (χ2v) is 4.77. The van der Waals surface area contributed by atoms with Gasteiger partial charge in [-0.25, -0.2) is 5.26 Å². The highest BCUT2D eigenvalue weighted by Crippen LogP contribution is 2.28. The van der Waals surface area contributed by atoms with Gasteiger partial charge in [-0.3, -0.25) is 4.55 Å². The van der Waals surface area contributed by atoms with E-state index in [-0.39, 0.29) is 10.6 Å². The van der Waals surface area contributed by atoms with Gasteiger partial charge in [-0.1, -0.05) is 5.04 Å². The van der Waals surface area contributed by atoms with Crippen molar-refractivity contribution < 1.29 is 27.6 Å². The Hall–Kier alpha value is -0.840. The lowest BCUT2D eigenvalue weighted by Gasteiger charge is -2.07. The molecule has 1 aromatic carbocycles. The molecule has 0 bridgehead atoms. The van der Waals surface area contributed by atoms with E-state index in [1.807, 2.05) is 0 Å². The molecule has 3 N–H and O–H groups in total. The van der Waals surface area contributed by atoms with Crippen LogP contribution < -0.4 is 5.32 Å². The van der Waals surface area contributed by atoms with Crippen LogP contribution in [-0.4, -0.2) is 25.3 Å². The smallest absolute Gasteiger partial charge is 0.296 e. The van der Waals surface area contributed by atoms with Crippen molar-refractivity contribution in [3.8, 4) is 0 Å². The topological polar surface area (TPSA) is 105 Å². The maximum Gasteiger partial charge on any atom is 0.296 e. The first-order valence-electron chi connectivity index (χ1n) is 3.93. The lowest BCUT2D eigenvalue weighted by atomic mass is 10.3. The van der Waals surface area contributed by atoms with Crippen molar-refractivity contribution in [3.63, 3.8) is 0 Å². The van der Waals surface area contributed by atoms with Crippen LogP contribution in [0.1, 0.15) is 0 Å². The average molecular weight is 267 g/mol. The third kappa shape index (κ3) is 3.33. The third-order valence-corrected chi connectivity index (χ3v) is 3.15. The molecule has 9 heteroatoms. The fraction of sp³-hybridized carbons (Fsp3) is 0.143. The van der Waals surface area contributed by atoms with Crippen molar-refractivity contribution in [2.75, 3.05) is 12.4 Å². The molecule has 1 aromatic rings. The minimum absolute atomic E-state index is 0.203. The van der Waals surface area contributed by atoms with Gasteiger partial charge in [0.05, 0.1) is 17.7 Å². The number of rotatable bonds is 5. The van der Waals surface area contributed by atoms with Gasteiger partial charge in [0.25, 0.3) is 10.1 Å². The average Bonchev–Trinajstić information content (AvgIpc) is 2.24. The summed E-state index contributed by atoms with van der Waals surface area (Å²) in [6.45, 7) is 0. The van der Waals surface area contributed by atoms with Crippen LogP contribution in [0, 0.1) is 0 Å². The first kappa shape index (κ1) is 13.2. The summed E-state index contributed by atoms with van der Waals surface area (Å²) < 4.78 is 35.0. The van der Waals surface area contributed by atoms with E-state index in [2.05, 4.69) is 14.7 Å². The summed E-state index contributed by atoms with van der Waals surface area (Å²) in [5.41, 5.74) is 0.203. The van der Waals surface area contributed by atoms with Gasteiger partial charge < -0.3 is 5.32 Å². The normalized spacial score (nSPS) is 11.4. The maximum absolute atomic E-state index is 11.0. The Labute approximate surface area is 96.2 Å². The van der Waals surface area contributed by atoms with Crippen molar-refractivity contribution in [1.82, 2.24) is 0 Å². The molecule has 0 radical (unpaired) electrons. The van der Waals surface area contributed by atoms with Crippen LogP contribution in [0.15, 0.2) is 28.0 Å². The highest BCUT2D eigenvalue weighted by atomic mass is 32.2. The molecule has 0 unspecified atom stereocenters. The summed E-state index contributed by atoms with van der Waals surface area (Å²) in [6.07, 6.45) is 0. The molecule has 0 saturated heterocycles. The first-order chi connectivity index (χ1) is 7.49. The Morgan fingerprint density at radius 3 is 2.62 bits per heavy atom. The van der Waals surface area contributed by atoms with Crippen molar-refractivity contribution >= 4 is 27.8 Å². The number of hydrogen-bond acceptors (Lipinski definition) is 7. The van der Waals surface area contributed by atoms with E-state index in [0.717, 1.165) is 0 Å². The molecule has 7 nitrogen and oxygen atoms in total. The van der Waals surface area contributed by atoms with Crippen LogP contribution in [0.3, 0.4) is 0 Å². The van der Waals surface area contributed by atoms with Crippen LogP contribution in [0.5, 0.6) is 0 Å². The molecule has 90 valence electrons. The summed E-state index contributed by atoms with van der Waals surface area (Å²) in [4.78, 5) is 0.232. The van der Waals surface area contributed by atoms with Gasteiger partial charge in [0.1, 0.15) is 4.90 Å². The number of nitrogens with one attached hydrogen (secondary N) is 1. The molecule has 0 fully saturated rings. The Balaban J connectivity index is 3.07. The molecule has 0 aliphatic carbocycles. The molecular formula is C7H9NO6S2. The van der Waals surface area contributed by atoms with Gasteiger partial charge >= 0.3 is 0 Å². The molecule has 0 aromatic heterocycles. The summed E-state index contributed by atoms with van der Waals surface area (Å²) >= 11 is 0.681. The van der Waals surface area contributed by atoms with E-state index >= 15 is 0 Å². The third-order valence-electron chi connectivity index (χ3n) is 1.66. The van der Waals surface area contributed by atoms with Gasteiger partial charge in [0.15, 0.2) is 0 Å². The van der Waals surface area contributed by atoms with E-state index in [1.165, 1.54) is 25.2 Å². The van der Waals surface area contributed by atoms with Crippen molar-refractivity contribution in [2.24, 2.45) is 0 Å². The SMILES string of the molecule is CNc1cc(SOOO)ccc1S(=O)(=O)O. The van der Waals surface area contributed by atoms with Crippen molar-refractivity contribution in [3.05, 3.63) is 18.2 Å². The molecular weight excluding hydrogens is 258 g/mol. The minimum atomic E-state index is -4.28. The van der Waals surface area contributed by atoms with Gasteiger partial charge in [0.2, 0.25) is 0 Å². The van der Waals surface area contributed by atoms with Gasteiger partial charge in [0, 0.05) is 11.9 Å². The standard InChI is InChI=1S/C7H9NO6S2/c1-8-6-4-5(15-14-13-9)2-3-7(6)16(10,11)12/h2-4,8-9H,1H3,(H,10,11,12). The summed E-state index contributed by atoms with van der Waals surface area (Å²) in [7, 11) is -2.77. The number of hydrogen-bond donors (Lipinski definition) is 3. The Morgan fingerprint density at radius 1 is 1.44 bits per heavy atom. The predicted molar refractivity (Wildman–Crippen MR) is 56.5 cm³/mol.